The van der Waals surface area contributed by atoms with Crippen LogP contribution in [0.25, 0.3) is 0 Å². The Labute approximate surface area is 176 Å². The molecular weight excluding hydrogens is 391 g/mol. The van der Waals surface area contributed by atoms with Crippen LogP contribution in [-0.2, 0) is 22.5 Å². The van der Waals surface area contributed by atoms with E-state index in [1.54, 1.807) is 11.0 Å². The van der Waals surface area contributed by atoms with Gasteiger partial charge in [-0.15, -0.1) is 0 Å². The first-order valence-corrected chi connectivity index (χ1v) is 11.2. The van der Waals surface area contributed by atoms with Gasteiger partial charge in [-0.1, -0.05) is 10.5 Å². The minimum atomic E-state index is -1.44. The fraction of sp³-hybridized carbons (Fsp3) is 0.636. The minimum absolute atomic E-state index is 0.314. The number of hydrogen-bond donors (Lipinski definition) is 0. The monoisotopic (exact) mass is 422 g/mol. The van der Waals surface area contributed by atoms with Gasteiger partial charge in [0.05, 0.1) is 0 Å². The zero-order chi connectivity index (χ0) is 21.6. The lowest BCUT2D eigenvalue weighted by Gasteiger charge is -2.39. The summed E-state index contributed by atoms with van der Waals surface area (Å²) in [7, 11) is 0. The van der Waals surface area contributed by atoms with Gasteiger partial charge in [-0.05, 0) is 78.5 Å². The van der Waals surface area contributed by atoms with E-state index >= 15 is 0 Å². The van der Waals surface area contributed by atoms with Crippen molar-refractivity contribution in [1.29, 1.82) is 0 Å². The molecule has 1 aromatic rings. The van der Waals surface area contributed by atoms with E-state index in [0.29, 0.717) is 25.9 Å². The fourth-order valence-corrected chi connectivity index (χ4v) is 4.61. The normalized spacial score (nSPS) is 21.4. The molecule has 1 heterocycles. The van der Waals surface area contributed by atoms with Crippen molar-refractivity contribution in [3.8, 4) is 0 Å². The highest BCUT2D eigenvalue weighted by molar-refractivity contribution is 7.91. The minimum Gasteiger partial charge on any atom is -0.591 e. The number of piperidine rings is 1. The summed E-state index contributed by atoms with van der Waals surface area (Å²) in [4.78, 5) is 14.2. The summed E-state index contributed by atoms with van der Waals surface area (Å²) < 4.78 is 36.4. The average molecular weight is 423 g/mol. The van der Waals surface area contributed by atoms with Gasteiger partial charge in [0.2, 0.25) is 0 Å². The molecule has 0 saturated carbocycles. The summed E-state index contributed by atoms with van der Waals surface area (Å²) in [5, 5.41) is 0. The predicted octanol–water partition coefficient (Wildman–Crippen LogP) is 4.65. The zero-order valence-corrected chi connectivity index (χ0v) is 19.0. The van der Waals surface area contributed by atoms with Gasteiger partial charge in [0.1, 0.15) is 33.2 Å². The van der Waals surface area contributed by atoms with E-state index < -0.39 is 21.7 Å². The maximum absolute atomic E-state index is 14.0. The van der Waals surface area contributed by atoms with Gasteiger partial charge >= 0.3 is 6.09 Å². The van der Waals surface area contributed by atoms with E-state index in [1.165, 1.54) is 12.1 Å². The molecule has 0 aromatic heterocycles. The molecule has 7 heteroatoms. The molecule has 1 spiro atoms. The number of ether oxygens (including phenoxy) is 1. The Hall–Kier alpha value is -1.60. The van der Waals surface area contributed by atoms with Crippen LogP contribution in [0.1, 0.15) is 65.5 Å². The lowest BCUT2D eigenvalue weighted by atomic mass is 9.74. The molecule has 1 amide bonds. The molecule has 1 saturated heterocycles. The second kappa shape index (κ2) is 7.58. The first-order chi connectivity index (χ1) is 13.3. The van der Waals surface area contributed by atoms with Crippen LogP contribution in [0.3, 0.4) is 0 Å². The van der Waals surface area contributed by atoms with E-state index in [2.05, 4.69) is 4.40 Å². The molecule has 1 atom stereocenters. The third-order valence-electron chi connectivity index (χ3n) is 5.43. The number of amides is 1. The Morgan fingerprint density at radius 3 is 2.38 bits per heavy atom. The number of benzene rings is 1. The Balaban J connectivity index is 1.88. The summed E-state index contributed by atoms with van der Waals surface area (Å²) in [6, 6.07) is 4.77. The molecule has 160 valence electrons. The molecule has 1 unspecified atom stereocenters. The summed E-state index contributed by atoms with van der Waals surface area (Å²) in [6.45, 7) is 12.3. The van der Waals surface area contributed by atoms with Gasteiger partial charge < -0.3 is 14.2 Å². The number of halogens is 1. The maximum atomic E-state index is 14.0. The zero-order valence-electron chi connectivity index (χ0n) is 18.2. The standard InChI is InChI=1S/C22H31FN2O3S/c1-20(2,3)28-19(26)25-11-9-22(10-12-25)14-15-7-8-16(23)13-17(15)18(22)24-29(27)21(4,5)6/h7-8,13H,9-12,14H2,1-6H3. The first-order valence-electron chi connectivity index (χ1n) is 10.1. The van der Waals surface area contributed by atoms with Gasteiger partial charge in [-0.3, -0.25) is 0 Å². The molecule has 5 nitrogen and oxygen atoms in total. The van der Waals surface area contributed by atoms with E-state index in [4.69, 9.17) is 4.74 Å². The summed E-state index contributed by atoms with van der Waals surface area (Å²) in [5.41, 5.74) is 1.65. The van der Waals surface area contributed by atoms with Crippen molar-refractivity contribution >= 4 is 23.2 Å². The number of hydrogen-bond acceptors (Lipinski definition) is 4. The quantitative estimate of drug-likeness (QED) is 0.619. The highest BCUT2D eigenvalue weighted by Gasteiger charge is 2.48. The smallest absolute Gasteiger partial charge is 0.410 e. The van der Waals surface area contributed by atoms with Gasteiger partial charge in [-0.25, -0.2) is 9.18 Å². The molecular formula is C22H31FN2O3S. The van der Waals surface area contributed by atoms with E-state index in [1.807, 2.05) is 41.5 Å². The summed E-state index contributed by atoms with van der Waals surface area (Å²) >= 11 is -1.44. The van der Waals surface area contributed by atoms with Crippen LogP contribution in [0.2, 0.25) is 0 Å². The highest BCUT2D eigenvalue weighted by atomic mass is 32.2. The van der Waals surface area contributed by atoms with Crippen molar-refractivity contribution in [1.82, 2.24) is 4.90 Å². The Morgan fingerprint density at radius 2 is 1.83 bits per heavy atom. The number of carbonyl (C=O) groups excluding carboxylic acids is 1. The second-order valence-electron chi connectivity index (χ2n) is 10.0. The molecule has 0 bridgehead atoms. The first kappa shape index (κ1) is 22.1. The predicted molar refractivity (Wildman–Crippen MR) is 114 cm³/mol. The van der Waals surface area contributed by atoms with Crippen molar-refractivity contribution in [3.05, 3.63) is 35.1 Å². The van der Waals surface area contributed by atoms with Gasteiger partial charge in [0, 0.05) is 24.1 Å². The van der Waals surface area contributed by atoms with Crippen LogP contribution in [0, 0.1) is 11.2 Å². The van der Waals surface area contributed by atoms with Crippen molar-refractivity contribution < 1.29 is 18.5 Å². The Morgan fingerprint density at radius 1 is 1.21 bits per heavy atom. The van der Waals surface area contributed by atoms with E-state index in [-0.39, 0.29) is 17.3 Å². The van der Waals surface area contributed by atoms with Crippen molar-refractivity contribution in [2.24, 2.45) is 9.81 Å². The van der Waals surface area contributed by atoms with Crippen LogP contribution < -0.4 is 0 Å². The SMILES string of the molecule is CC(C)(C)OC(=O)N1CCC2(CC1)Cc1ccc(F)cc1C2=N[S+]([O-])C(C)(C)C. The van der Waals surface area contributed by atoms with Crippen molar-refractivity contribution in [2.45, 2.75) is 71.2 Å². The summed E-state index contributed by atoms with van der Waals surface area (Å²) in [6.07, 6.45) is 1.78. The molecule has 3 rings (SSSR count). The Bertz CT molecular complexity index is 818. The van der Waals surface area contributed by atoms with Crippen LogP contribution >= 0.6 is 0 Å². The number of fused-ring (bicyclic) bond motifs is 1. The topological polar surface area (TPSA) is 65.0 Å². The number of nitrogens with zero attached hydrogens (tertiary/aromatic N) is 2. The molecule has 1 aromatic carbocycles. The molecule has 1 aliphatic heterocycles. The molecule has 2 aliphatic rings. The third kappa shape index (κ3) is 4.77. The van der Waals surface area contributed by atoms with Crippen molar-refractivity contribution in [3.63, 3.8) is 0 Å². The fourth-order valence-electron chi connectivity index (χ4n) is 3.88. The van der Waals surface area contributed by atoms with Gasteiger partial charge in [0.25, 0.3) is 0 Å². The summed E-state index contributed by atoms with van der Waals surface area (Å²) in [5.74, 6) is -0.318. The van der Waals surface area contributed by atoms with Gasteiger partial charge in [0.15, 0.2) is 0 Å². The molecule has 29 heavy (non-hydrogen) atoms. The average Bonchev–Trinajstić information content (AvgIpc) is 2.86. The van der Waals surface area contributed by atoms with Crippen LogP contribution in [0.4, 0.5) is 9.18 Å². The van der Waals surface area contributed by atoms with E-state index in [0.717, 1.165) is 23.3 Å². The highest BCUT2D eigenvalue weighted by Crippen LogP contribution is 2.46. The molecule has 1 aliphatic carbocycles. The third-order valence-corrected chi connectivity index (χ3v) is 6.82. The van der Waals surface area contributed by atoms with E-state index in [9.17, 15) is 13.7 Å². The molecule has 0 radical (unpaired) electrons. The molecule has 0 N–H and O–H groups in total. The molecule has 1 fully saturated rings. The van der Waals surface area contributed by atoms with Crippen LogP contribution in [-0.4, -0.2) is 44.7 Å². The second-order valence-corrected chi connectivity index (χ2v) is 11.9. The Kier molecular flexibility index (Phi) is 5.78. The van der Waals surface area contributed by atoms with Crippen LogP contribution in [0.15, 0.2) is 22.6 Å². The maximum Gasteiger partial charge on any atom is 0.410 e. The van der Waals surface area contributed by atoms with Crippen molar-refractivity contribution in [2.75, 3.05) is 13.1 Å². The lowest BCUT2D eigenvalue weighted by Crippen LogP contribution is -2.47. The number of likely N-dealkylation sites (tertiary alicyclic amines) is 1. The van der Waals surface area contributed by atoms with Crippen LogP contribution in [0.5, 0.6) is 0 Å². The lowest BCUT2D eigenvalue weighted by molar-refractivity contribution is 0.0159. The largest absolute Gasteiger partial charge is 0.591 e. The number of rotatable bonds is 1. The number of carbonyl (C=O) groups is 1. The van der Waals surface area contributed by atoms with Gasteiger partial charge in [-0.2, -0.15) is 0 Å².